The van der Waals surface area contributed by atoms with Gasteiger partial charge in [0.1, 0.15) is 0 Å². The Bertz CT molecular complexity index is 588. The molecule has 1 aliphatic heterocycles. The summed E-state index contributed by atoms with van der Waals surface area (Å²) >= 11 is 0. The van der Waals surface area contributed by atoms with Crippen LogP contribution in [0.4, 0.5) is 5.69 Å². The number of nitrogens with zero attached hydrogens (tertiary/aromatic N) is 1. The minimum Gasteiger partial charge on any atom is -0.398 e. The Morgan fingerprint density at radius 1 is 1.30 bits per heavy atom. The van der Waals surface area contributed by atoms with Crippen molar-refractivity contribution in [2.45, 2.75) is 44.9 Å². The zero-order valence-electron chi connectivity index (χ0n) is 12.5. The van der Waals surface area contributed by atoms with Crippen molar-refractivity contribution < 1.29 is 8.42 Å². The largest absolute Gasteiger partial charge is 0.398 e. The van der Waals surface area contributed by atoms with Crippen LogP contribution in [0.15, 0.2) is 23.1 Å². The molecule has 20 heavy (non-hydrogen) atoms. The van der Waals surface area contributed by atoms with E-state index in [1.165, 1.54) is 0 Å². The van der Waals surface area contributed by atoms with E-state index in [1.54, 1.807) is 22.5 Å². The van der Waals surface area contributed by atoms with Gasteiger partial charge in [-0.25, -0.2) is 8.42 Å². The van der Waals surface area contributed by atoms with Gasteiger partial charge in [-0.2, -0.15) is 4.31 Å². The third-order valence-electron chi connectivity index (χ3n) is 4.67. The van der Waals surface area contributed by atoms with E-state index in [0.29, 0.717) is 23.7 Å². The van der Waals surface area contributed by atoms with Crippen molar-refractivity contribution >= 4 is 15.7 Å². The Kier molecular flexibility index (Phi) is 4.12. The van der Waals surface area contributed by atoms with Crippen LogP contribution in [0.5, 0.6) is 0 Å². The highest BCUT2D eigenvalue weighted by atomic mass is 32.2. The number of aryl methyl sites for hydroxylation is 1. The minimum absolute atomic E-state index is 0.276. The first kappa shape index (κ1) is 15.3. The molecule has 0 amide bonds. The average Bonchev–Trinajstić information content (AvgIpc) is 2.42. The summed E-state index contributed by atoms with van der Waals surface area (Å²) in [5.74, 6) is 0. The standard InChI is InChI=1S/C15H24N2O2S/c1-4-15(3)7-9-17(10-8-15)20(18,19)13-6-5-12(2)14(16)11-13/h5-6,11H,4,7-10,16H2,1-3H3. The van der Waals surface area contributed by atoms with Gasteiger partial charge in [0, 0.05) is 18.8 Å². The molecule has 0 radical (unpaired) electrons. The topological polar surface area (TPSA) is 63.4 Å². The lowest BCUT2D eigenvalue weighted by molar-refractivity contribution is 0.169. The van der Waals surface area contributed by atoms with Gasteiger partial charge in [0.25, 0.3) is 0 Å². The van der Waals surface area contributed by atoms with Crippen molar-refractivity contribution in [2.75, 3.05) is 18.8 Å². The molecule has 0 saturated carbocycles. The number of hydrogen-bond donors (Lipinski definition) is 1. The molecule has 0 unspecified atom stereocenters. The molecule has 1 fully saturated rings. The minimum atomic E-state index is -3.41. The van der Waals surface area contributed by atoms with Gasteiger partial charge in [-0.05, 0) is 42.9 Å². The molecule has 1 aliphatic rings. The fraction of sp³-hybridized carbons (Fsp3) is 0.600. The number of anilines is 1. The maximum absolute atomic E-state index is 12.6. The number of rotatable bonds is 3. The van der Waals surface area contributed by atoms with Crippen molar-refractivity contribution in [3.63, 3.8) is 0 Å². The summed E-state index contributed by atoms with van der Waals surface area (Å²) in [7, 11) is -3.41. The van der Waals surface area contributed by atoms with E-state index in [-0.39, 0.29) is 5.41 Å². The third-order valence-corrected chi connectivity index (χ3v) is 6.57. The predicted octanol–water partition coefficient (Wildman–Crippen LogP) is 2.78. The molecule has 0 spiro atoms. The van der Waals surface area contributed by atoms with E-state index >= 15 is 0 Å². The molecule has 5 heteroatoms. The van der Waals surface area contributed by atoms with Crippen molar-refractivity contribution in [3.05, 3.63) is 23.8 Å². The number of nitrogen functional groups attached to an aromatic ring is 1. The second-order valence-corrected chi connectivity index (χ2v) is 8.02. The molecule has 4 nitrogen and oxygen atoms in total. The van der Waals surface area contributed by atoms with Crippen LogP contribution in [0.1, 0.15) is 38.7 Å². The fourth-order valence-electron chi connectivity index (χ4n) is 2.55. The first-order chi connectivity index (χ1) is 9.28. The smallest absolute Gasteiger partial charge is 0.243 e. The number of benzene rings is 1. The third kappa shape index (κ3) is 2.83. The van der Waals surface area contributed by atoms with Gasteiger partial charge in [0.15, 0.2) is 0 Å². The number of hydrogen-bond acceptors (Lipinski definition) is 3. The maximum Gasteiger partial charge on any atom is 0.243 e. The molecule has 0 atom stereocenters. The molecule has 1 heterocycles. The Morgan fingerprint density at radius 3 is 2.40 bits per heavy atom. The monoisotopic (exact) mass is 296 g/mol. The van der Waals surface area contributed by atoms with Crippen LogP contribution in [-0.2, 0) is 10.0 Å². The molecule has 0 aromatic heterocycles. The normalized spacial score (nSPS) is 19.9. The highest BCUT2D eigenvalue weighted by molar-refractivity contribution is 7.89. The number of sulfonamides is 1. The van der Waals surface area contributed by atoms with E-state index in [9.17, 15) is 8.42 Å². The van der Waals surface area contributed by atoms with Gasteiger partial charge in [-0.1, -0.05) is 26.3 Å². The Morgan fingerprint density at radius 2 is 1.90 bits per heavy atom. The lowest BCUT2D eigenvalue weighted by atomic mass is 9.79. The van der Waals surface area contributed by atoms with Crippen molar-refractivity contribution in [1.29, 1.82) is 0 Å². The molecular formula is C15H24N2O2S. The van der Waals surface area contributed by atoms with Crippen LogP contribution in [0.3, 0.4) is 0 Å². The van der Waals surface area contributed by atoms with Gasteiger partial charge >= 0.3 is 0 Å². The molecule has 0 aliphatic carbocycles. The lowest BCUT2D eigenvalue weighted by Crippen LogP contribution is -2.41. The first-order valence-electron chi connectivity index (χ1n) is 7.15. The Labute approximate surface area is 122 Å². The molecule has 1 aromatic rings. The van der Waals surface area contributed by atoms with Crippen molar-refractivity contribution in [3.8, 4) is 0 Å². The average molecular weight is 296 g/mol. The van der Waals surface area contributed by atoms with E-state index in [4.69, 9.17) is 5.73 Å². The van der Waals surface area contributed by atoms with E-state index in [0.717, 1.165) is 24.8 Å². The quantitative estimate of drug-likeness (QED) is 0.872. The zero-order chi connectivity index (χ0) is 15.0. The van der Waals surface area contributed by atoms with Gasteiger partial charge in [0.2, 0.25) is 10.0 Å². The molecule has 0 bridgehead atoms. The molecule has 2 N–H and O–H groups in total. The molecule has 112 valence electrons. The summed E-state index contributed by atoms with van der Waals surface area (Å²) in [6, 6.07) is 4.98. The van der Waals surface area contributed by atoms with Crippen LogP contribution in [0.25, 0.3) is 0 Å². The SMILES string of the molecule is CCC1(C)CCN(S(=O)(=O)c2ccc(C)c(N)c2)CC1. The summed E-state index contributed by atoms with van der Waals surface area (Å²) in [4.78, 5) is 0.306. The highest BCUT2D eigenvalue weighted by Crippen LogP contribution is 2.36. The fourth-order valence-corrected chi connectivity index (χ4v) is 4.03. The van der Waals surface area contributed by atoms with Crippen LogP contribution < -0.4 is 5.73 Å². The van der Waals surface area contributed by atoms with Crippen molar-refractivity contribution in [2.24, 2.45) is 5.41 Å². The number of nitrogens with two attached hydrogens (primary N) is 1. The summed E-state index contributed by atoms with van der Waals surface area (Å²) in [5.41, 5.74) is 7.54. The van der Waals surface area contributed by atoms with E-state index < -0.39 is 10.0 Å². The van der Waals surface area contributed by atoms with E-state index in [2.05, 4.69) is 13.8 Å². The van der Waals surface area contributed by atoms with Crippen LogP contribution in [-0.4, -0.2) is 25.8 Å². The summed E-state index contributed by atoms with van der Waals surface area (Å²) < 4.78 is 26.8. The highest BCUT2D eigenvalue weighted by Gasteiger charge is 2.34. The molecular weight excluding hydrogens is 272 g/mol. The predicted molar refractivity (Wildman–Crippen MR) is 82.0 cm³/mol. The van der Waals surface area contributed by atoms with Gasteiger partial charge in [-0.3, -0.25) is 0 Å². The summed E-state index contributed by atoms with van der Waals surface area (Å²) in [6.45, 7) is 7.48. The van der Waals surface area contributed by atoms with Gasteiger partial charge in [0.05, 0.1) is 4.90 Å². The van der Waals surface area contributed by atoms with Crippen LogP contribution in [0.2, 0.25) is 0 Å². The molecule has 2 rings (SSSR count). The second kappa shape index (κ2) is 5.37. The Balaban J connectivity index is 2.22. The van der Waals surface area contributed by atoms with E-state index in [1.807, 2.05) is 6.92 Å². The first-order valence-corrected chi connectivity index (χ1v) is 8.59. The summed E-state index contributed by atoms with van der Waals surface area (Å²) in [6.07, 6.45) is 2.94. The van der Waals surface area contributed by atoms with Gasteiger partial charge < -0.3 is 5.73 Å². The maximum atomic E-state index is 12.6. The van der Waals surface area contributed by atoms with Crippen LogP contribution >= 0.6 is 0 Å². The number of piperidine rings is 1. The Hall–Kier alpha value is -1.07. The van der Waals surface area contributed by atoms with Crippen molar-refractivity contribution in [1.82, 2.24) is 4.31 Å². The molecule has 1 saturated heterocycles. The van der Waals surface area contributed by atoms with Gasteiger partial charge in [-0.15, -0.1) is 0 Å². The zero-order valence-corrected chi connectivity index (χ0v) is 13.3. The van der Waals surface area contributed by atoms with Crippen LogP contribution in [0, 0.1) is 12.3 Å². The molecule has 1 aromatic carbocycles. The lowest BCUT2D eigenvalue weighted by Gasteiger charge is -2.38. The summed E-state index contributed by atoms with van der Waals surface area (Å²) in [5, 5.41) is 0. The second-order valence-electron chi connectivity index (χ2n) is 6.09.